The average molecular weight is 513 g/mol. The number of unbranched alkanes of at least 4 members (excludes halogenated alkanes) is 4. The average Bonchev–Trinajstić information content (AvgIpc) is 2.76. The zero-order valence-electron chi connectivity index (χ0n) is 19.4. The fraction of sp³-hybridized carbons (Fsp3) is 0.435. The van der Waals surface area contributed by atoms with Gasteiger partial charge in [0.15, 0.2) is 5.75 Å². The van der Waals surface area contributed by atoms with Crippen molar-refractivity contribution >= 4 is 37.6 Å². The Morgan fingerprint density at radius 1 is 0.735 bits per heavy atom. The molecule has 2 N–H and O–H groups in total. The number of rotatable bonds is 14. The molecule has 0 aliphatic heterocycles. The Bertz CT molecular complexity index is 1130. The van der Waals surface area contributed by atoms with Gasteiger partial charge in [0.25, 0.3) is 0 Å². The molecule has 0 saturated carbocycles. The van der Waals surface area contributed by atoms with Crippen LogP contribution in [0.2, 0.25) is 0 Å². The maximum Gasteiger partial charge on any atom is 0.323 e. The Balaban J connectivity index is 1.96. The number of amides is 2. The number of benzene rings is 2. The van der Waals surface area contributed by atoms with Gasteiger partial charge >= 0.3 is 26.3 Å². The van der Waals surface area contributed by atoms with E-state index >= 15 is 0 Å². The van der Waals surface area contributed by atoms with E-state index in [9.17, 15) is 21.6 Å². The van der Waals surface area contributed by atoms with Gasteiger partial charge in [-0.25, -0.2) is 4.79 Å². The van der Waals surface area contributed by atoms with Crippen LogP contribution in [-0.4, -0.2) is 34.4 Å². The minimum absolute atomic E-state index is 0.0196. The zero-order valence-corrected chi connectivity index (χ0v) is 21.1. The van der Waals surface area contributed by atoms with Crippen LogP contribution in [0.15, 0.2) is 48.5 Å². The van der Waals surface area contributed by atoms with E-state index in [0.717, 1.165) is 25.7 Å². The molecular formula is C23H32N2O7S2. The van der Waals surface area contributed by atoms with Crippen molar-refractivity contribution in [2.75, 3.05) is 22.1 Å². The Morgan fingerprint density at radius 3 is 1.88 bits per heavy atom. The monoisotopic (exact) mass is 512 g/mol. The van der Waals surface area contributed by atoms with Gasteiger partial charge in [-0.2, -0.15) is 16.8 Å². The highest BCUT2D eigenvalue weighted by molar-refractivity contribution is 7.87. The van der Waals surface area contributed by atoms with E-state index in [4.69, 9.17) is 8.37 Å². The highest BCUT2D eigenvalue weighted by Gasteiger charge is 2.16. The Morgan fingerprint density at radius 2 is 1.29 bits per heavy atom. The minimum atomic E-state index is -3.79. The van der Waals surface area contributed by atoms with Crippen LogP contribution in [0.1, 0.15) is 52.4 Å². The maximum atomic E-state index is 12.4. The van der Waals surface area contributed by atoms with Gasteiger partial charge < -0.3 is 19.0 Å². The summed E-state index contributed by atoms with van der Waals surface area (Å²) in [6, 6.07) is 11.5. The van der Waals surface area contributed by atoms with Crippen molar-refractivity contribution in [1.29, 1.82) is 0 Å². The lowest BCUT2D eigenvalue weighted by molar-refractivity contribution is 0.262. The van der Waals surface area contributed by atoms with E-state index in [1.165, 1.54) is 36.4 Å². The van der Waals surface area contributed by atoms with Crippen LogP contribution in [0.25, 0.3) is 0 Å². The molecule has 0 aliphatic carbocycles. The quantitative estimate of drug-likeness (QED) is 0.265. The number of nitrogens with one attached hydrogen (secondary N) is 2. The summed E-state index contributed by atoms with van der Waals surface area (Å²) in [6.45, 7) is 3.96. The molecule has 0 heterocycles. The van der Waals surface area contributed by atoms with Crippen LogP contribution < -0.4 is 19.0 Å². The van der Waals surface area contributed by atoms with Gasteiger partial charge in [-0.3, -0.25) is 0 Å². The lowest BCUT2D eigenvalue weighted by Crippen LogP contribution is -2.21. The van der Waals surface area contributed by atoms with E-state index in [1.807, 2.05) is 13.8 Å². The van der Waals surface area contributed by atoms with E-state index in [2.05, 4.69) is 10.6 Å². The van der Waals surface area contributed by atoms with Gasteiger partial charge in [-0.05, 0) is 49.2 Å². The molecule has 188 valence electrons. The molecule has 2 rings (SSSR count). The van der Waals surface area contributed by atoms with Crippen molar-refractivity contribution in [1.82, 2.24) is 0 Å². The lowest BCUT2D eigenvalue weighted by atomic mass is 10.3. The summed E-state index contributed by atoms with van der Waals surface area (Å²) in [4.78, 5) is 12.4. The molecule has 0 saturated heterocycles. The van der Waals surface area contributed by atoms with Gasteiger partial charge in [-0.15, -0.1) is 0 Å². The number of urea groups is 1. The van der Waals surface area contributed by atoms with Gasteiger partial charge in [0.2, 0.25) is 0 Å². The second-order valence-corrected chi connectivity index (χ2v) is 11.1. The Kier molecular flexibility index (Phi) is 10.6. The number of hydrogen-bond acceptors (Lipinski definition) is 7. The number of hydrogen-bond donors (Lipinski definition) is 2. The van der Waals surface area contributed by atoms with Crippen LogP contribution in [0.4, 0.5) is 16.2 Å². The highest BCUT2D eigenvalue weighted by atomic mass is 32.2. The first-order chi connectivity index (χ1) is 16.1. The first-order valence-corrected chi connectivity index (χ1v) is 14.4. The second kappa shape index (κ2) is 13.2. The van der Waals surface area contributed by atoms with Crippen LogP contribution in [0.5, 0.6) is 11.5 Å². The lowest BCUT2D eigenvalue weighted by Gasteiger charge is -2.13. The molecule has 0 aliphatic rings. The molecule has 0 spiro atoms. The molecule has 0 fully saturated rings. The summed E-state index contributed by atoms with van der Waals surface area (Å²) in [5.41, 5.74) is 0.580. The van der Waals surface area contributed by atoms with Crippen molar-refractivity contribution in [3.8, 4) is 11.5 Å². The van der Waals surface area contributed by atoms with Crippen LogP contribution in [-0.2, 0) is 20.2 Å². The third-order valence-electron chi connectivity index (χ3n) is 4.68. The summed E-state index contributed by atoms with van der Waals surface area (Å²) in [7, 11) is -7.46. The molecule has 0 radical (unpaired) electrons. The molecule has 9 nitrogen and oxygen atoms in total. The molecule has 0 atom stereocenters. The summed E-state index contributed by atoms with van der Waals surface area (Å²) < 4.78 is 58.6. The predicted octanol–water partition coefficient (Wildman–Crippen LogP) is 5.13. The molecule has 34 heavy (non-hydrogen) atoms. The van der Waals surface area contributed by atoms with Crippen molar-refractivity contribution < 1.29 is 30.0 Å². The van der Waals surface area contributed by atoms with E-state index in [0.29, 0.717) is 18.5 Å². The maximum absolute atomic E-state index is 12.4. The molecule has 0 unspecified atom stereocenters. The van der Waals surface area contributed by atoms with Crippen LogP contribution >= 0.6 is 0 Å². The molecule has 2 amide bonds. The van der Waals surface area contributed by atoms with Crippen molar-refractivity contribution in [3.05, 3.63) is 48.5 Å². The largest absolute Gasteiger partial charge is 0.382 e. The first kappa shape index (κ1) is 27.5. The highest BCUT2D eigenvalue weighted by Crippen LogP contribution is 2.26. The van der Waals surface area contributed by atoms with Gasteiger partial charge in [0.1, 0.15) is 5.75 Å². The number of carbonyl (C=O) groups excluding carboxylic acids is 1. The molecule has 0 bridgehead atoms. The molecule has 2 aromatic carbocycles. The zero-order chi connectivity index (χ0) is 25.0. The first-order valence-electron chi connectivity index (χ1n) is 11.3. The third kappa shape index (κ3) is 10.0. The molecule has 2 aromatic rings. The third-order valence-corrected chi connectivity index (χ3v) is 7.14. The van der Waals surface area contributed by atoms with Crippen molar-refractivity contribution in [2.45, 2.75) is 52.4 Å². The van der Waals surface area contributed by atoms with Gasteiger partial charge in [0.05, 0.1) is 17.2 Å². The number of anilines is 2. The van der Waals surface area contributed by atoms with Crippen molar-refractivity contribution in [3.63, 3.8) is 0 Å². The topological polar surface area (TPSA) is 128 Å². The van der Waals surface area contributed by atoms with Gasteiger partial charge in [0, 0.05) is 5.69 Å². The minimum Gasteiger partial charge on any atom is -0.382 e. The SMILES string of the molecule is CCCCCS(=O)(=O)Oc1ccc(NC(=O)Nc2ccccc2OS(=O)(=O)CCCCC)cc1. The Hall–Kier alpha value is -2.79. The standard InChI is InChI=1S/C23H32N2O7S2/c1-3-5-9-17-33(27,28)31-20-15-13-19(14-16-20)24-23(26)25-21-11-7-8-12-22(21)32-34(29,30)18-10-6-4-2/h7-8,11-16H,3-6,9-10,17-18H2,1-2H3,(H2,24,25,26). The van der Waals surface area contributed by atoms with Crippen molar-refractivity contribution in [2.24, 2.45) is 0 Å². The fourth-order valence-electron chi connectivity index (χ4n) is 2.95. The van der Waals surface area contributed by atoms with E-state index in [-0.39, 0.29) is 28.7 Å². The molecule has 0 aromatic heterocycles. The second-order valence-electron chi connectivity index (χ2n) is 7.70. The number of para-hydroxylation sites is 2. The normalized spacial score (nSPS) is 11.6. The summed E-state index contributed by atoms with van der Waals surface area (Å²) in [5.74, 6) is 0.00375. The fourth-order valence-corrected chi connectivity index (χ4v) is 5.05. The van der Waals surface area contributed by atoms with Gasteiger partial charge in [-0.1, -0.05) is 51.7 Å². The van der Waals surface area contributed by atoms with Crippen LogP contribution in [0.3, 0.4) is 0 Å². The van der Waals surface area contributed by atoms with E-state index in [1.54, 1.807) is 12.1 Å². The smallest absolute Gasteiger partial charge is 0.323 e. The summed E-state index contributed by atoms with van der Waals surface area (Å²) in [6.07, 6.45) is 4.40. The summed E-state index contributed by atoms with van der Waals surface area (Å²) >= 11 is 0. The summed E-state index contributed by atoms with van der Waals surface area (Å²) in [5, 5.41) is 5.16. The predicted molar refractivity (Wildman–Crippen MR) is 133 cm³/mol. The Labute approximate surface area is 202 Å². The van der Waals surface area contributed by atoms with E-state index < -0.39 is 26.3 Å². The van der Waals surface area contributed by atoms with Crippen LogP contribution in [0, 0.1) is 0 Å². The molecule has 11 heteroatoms. The molecular weight excluding hydrogens is 480 g/mol. The number of carbonyl (C=O) groups is 1.